The molecule has 0 aliphatic heterocycles. The van der Waals surface area contributed by atoms with Crippen LogP contribution in [0.3, 0.4) is 0 Å². The van der Waals surface area contributed by atoms with Gasteiger partial charge in [-0.15, -0.1) is 0 Å². The molecular weight excluding hydrogens is 251 g/mol. The van der Waals surface area contributed by atoms with E-state index < -0.39 is 5.82 Å². The van der Waals surface area contributed by atoms with E-state index in [0.717, 1.165) is 0 Å². The van der Waals surface area contributed by atoms with E-state index in [-0.39, 0.29) is 24.8 Å². The second-order valence-corrected chi connectivity index (χ2v) is 3.85. The lowest BCUT2D eigenvalue weighted by Gasteiger charge is -2.06. The van der Waals surface area contributed by atoms with Crippen molar-refractivity contribution in [3.8, 4) is 5.75 Å². The summed E-state index contributed by atoms with van der Waals surface area (Å²) < 4.78 is 23.3. The first kappa shape index (κ1) is 13.1. The summed E-state index contributed by atoms with van der Waals surface area (Å²) in [6.45, 7) is 1.71. The number of hydrogen-bond donors (Lipinski definition) is 1. The lowest BCUT2D eigenvalue weighted by Crippen LogP contribution is -2.28. The van der Waals surface area contributed by atoms with E-state index in [1.165, 1.54) is 18.4 Å². The molecule has 1 amide bonds. The summed E-state index contributed by atoms with van der Waals surface area (Å²) >= 11 is 0. The predicted molar refractivity (Wildman–Crippen MR) is 65.0 cm³/mol. The topological polar surface area (TPSA) is 64.4 Å². The van der Waals surface area contributed by atoms with Gasteiger partial charge in [-0.3, -0.25) is 4.79 Å². The lowest BCUT2D eigenvalue weighted by molar-refractivity contribution is -0.123. The molecule has 0 atom stereocenters. The van der Waals surface area contributed by atoms with Gasteiger partial charge in [-0.1, -0.05) is 12.1 Å². The monoisotopic (exact) mass is 264 g/mol. The molecule has 2 rings (SSSR count). The predicted octanol–water partition coefficient (Wildman–Crippen LogP) is 1.82. The van der Waals surface area contributed by atoms with E-state index in [0.29, 0.717) is 11.6 Å². The van der Waals surface area contributed by atoms with Crippen LogP contribution < -0.4 is 10.1 Å². The van der Waals surface area contributed by atoms with Gasteiger partial charge in [0.25, 0.3) is 5.91 Å². The van der Waals surface area contributed by atoms with Gasteiger partial charge in [0.1, 0.15) is 6.26 Å². The summed E-state index contributed by atoms with van der Waals surface area (Å²) in [7, 11) is 0. The SMILES string of the molecule is Cc1nc(CNC(=O)COc2ccccc2F)co1. The molecule has 0 aliphatic carbocycles. The highest BCUT2D eigenvalue weighted by atomic mass is 19.1. The van der Waals surface area contributed by atoms with E-state index in [1.807, 2.05) is 0 Å². The summed E-state index contributed by atoms with van der Waals surface area (Å²) in [6, 6.07) is 5.92. The summed E-state index contributed by atoms with van der Waals surface area (Å²) in [5.41, 5.74) is 0.622. The van der Waals surface area contributed by atoms with Crippen molar-refractivity contribution in [3.63, 3.8) is 0 Å². The summed E-state index contributed by atoms with van der Waals surface area (Å²) in [6.07, 6.45) is 1.47. The molecule has 1 aromatic carbocycles. The van der Waals surface area contributed by atoms with Crippen LogP contribution in [0.15, 0.2) is 34.9 Å². The van der Waals surface area contributed by atoms with Crippen molar-refractivity contribution in [2.24, 2.45) is 0 Å². The number of halogens is 1. The number of para-hydroxylation sites is 1. The van der Waals surface area contributed by atoms with E-state index in [9.17, 15) is 9.18 Å². The van der Waals surface area contributed by atoms with Gasteiger partial charge in [-0.05, 0) is 12.1 Å². The minimum atomic E-state index is -0.498. The zero-order chi connectivity index (χ0) is 13.7. The number of ether oxygens (including phenoxy) is 1. The molecule has 0 saturated heterocycles. The molecule has 0 unspecified atom stereocenters. The Morgan fingerprint density at radius 2 is 2.26 bits per heavy atom. The molecule has 0 saturated carbocycles. The first-order valence-electron chi connectivity index (χ1n) is 5.70. The van der Waals surface area contributed by atoms with Crippen molar-refractivity contribution in [2.45, 2.75) is 13.5 Å². The number of hydrogen-bond acceptors (Lipinski definition) is 4. The highest BCUT2D eigenvalue weighted by molar-refractivity contribution is 5.77. The highest BCUT2D eigenvalue weighted by Gasteiger charge is 2.07. The molecular formula is C13H13FN2O3. The minimum absolute atomic E-state index is 0.0509. The van der Waals surface area contributed by atoms with Crippen LogP contribution in [-0.2, 0) is 11.3 Å². The molecule has 0 fully saturated rings. The van der Waals surface area contributed by atoms with Gasteiger partial charge in [-0.25, -0.2) is 9.37 Å². The largest absolute Gasteiger partial charge is 0.481 e. The third-order valence-corrected chi connectivity index (χ3v) is 2.33. The molecule has 2 aromatic rings. The van der Waals surface area contributed by atoms with Crippen LogP contribution in [0, 0.1) is 12.7 Å². The molecule has 0 spiro atoms. The molecule has 0 aliphatic rings. The van der Waals surface area contributed by atoms with Crippen molar-refractivity contribution in [3.05, 3.63) is 47.9 Å². The van der Waals surface area contributed by atoms with Crippen molar-refractivity contribution in [1.29, 1.82) is 0 Å². The zero-order valence-electron chi connectivity index (χ0n) is 10.4. The number of rotatable bonds is 5. The number of nitrogens with one attached hydrogen (secondary N) is 1. The zero-order valence-corrected chi connectivity index (χ0v) is 10.4. The standard InChI is InChI=1S/C13H13FN2O3/c1-9-16-10(7-18-9)6-15-13(17)8-19-12-5-3-2-4-11(12)14/h2-5,7H,6,8H2,1H3,(H,15,17). The fourth-order valence-corrected chi connectivity index (χ4v) is 1.43. The van der Waals surface area contributed by atoms with Crippen molar-refractivity contribution >= 4 is 5.91 Å². The van der Waals surface area contributed by atoms with Crippen LogP contribution in [0.25, 0.3) is 0 Å². The molecule has 5 nitrogen and oxygen atoms in total. The average molecular weight is 264 g/mol. The van der Waals surface area contributed by atoms with Crippen LogP contribution in [0.1, 0.15) is 11.6 Å². The van der Waals surface area contributed by atoms with Crippen molar-refractivity contribution in [2.75, 3.05) is 6.61 Å². The first-order valence-corrected chi connectivity index (χ1v) is 5.70. The summed E-state index contributed by atoms with van der Waals surface area (Å²) in [4.78, 5) is 15.5. The van der Waals surface area contributed by atoms with Crippen molar-refractivity contribution in [1.82, 2.24) is 10.3 Å². The molecule has 0 bridgehead atoms. The van der Waals surface area contributed by atoms with E-state index >= 15 is 0 Å². The van der Waals surface area contributed by atoms with Crippen LogP contribution in [-0.4, -0.2) is 17.5 Å². The molecule has 0 radical (unpaired) electrons. The first-order chi connectivity index (χ1) is 9.15. The molecule has 6 heteroatoms. The molecule has 100 valence electrons. The number of aryl methyl sites for hydroxylation is 1. The number of benzene rings is 1. The summed E-state index contributed by atoms with van der Waals surface area (Å²) in [5.74, 6) is -0.270. The highest BCUT2D eigenvalue weighted by Crippen LogP contribution is 2.14. The maximum atomic E-state index is 13.2. The van der Waals surface area contributed by atoms with Crippen LogP contribution in [0.4, 0.5) is 4.39 Å². The fraction of sp³-hybridized carbons (Fsp3) is 0.231. The van der Waals surface area contributed by atoms with Gasteiger partial charge in [0, 0.05) is 6.92 Å². The Morgan fingerprint density at radius 3 is 2.95 bits per heavy atom. The molecule has 1 N–H and O–H groups in total. The average Bonchev–Trinajstić information content (AvgIpc) is 2.81. The van der Waals surface area contributed by atoms with Crippen LogP contribution in [0.2, 0.25) is 0 Å². The van der Waals surface area contributed by atoms with Crippen LogP contribution in [0.5, 0.6) is 5.75 Å². The third-order valence-electron chi connectivity index (χ3n) is 2.33. The van der Waals surface area contributed by atoms with Crippen LogP contribution >= 0.6 is 0 Å². The number of nitrogens with zero attached hydrogens (tertiary/aromatic N) is 1. The van der Waals surface area contributed by atoms with Gasteiger partial charge in [-0.2, -0.15) is 0 Å². The number of amides is 1. The van der Waals surface area contributed by atoms with E-state index in [4.69, 9.17) is 9.15 Å². The lowest BCUT2D eigenvalue weighted by atomic mass is 10.3. The number of carbonyl (C=O) groups excluding carboxylic acids is 1. The van der Waals surface area contributed by atoms with Crippen molar-refractivity contribution < 1.29 is 18.3 Å². The minimum Gasteiger partial charge on any atom is -0.481 e. The number of oxazole rings is 1. The molecule has 1 aromatic heterocycles. The Kier molecular flexibility index (Phi) is 4.12. The second kappa shape index (κ2) is 5.99. The second-order valence-electron chi connectivity index (χ2n) is 3.85. The Hall–Kier alpha value is -2.37. The van der Waals surface area contributed by atoms with E-state index in [1.54, 1.807) is 19.1 Å². The maximum absolute atomic E-state index is 13.2. The number of carbonyl (C=O) groups is 1. The third kappa shape index (κ3) is 3.80. The normalized spacial score (nSPS) is 10.2. The smallest absolute Gasteiger partial charge is 0.258 e. The van der Waals surface area contributed by atoms with Gasteiger partial charge < -0.3 is 14.5 Å². The Labute approximate surface area is 109 Å². The summed E-state index contributed by atoms with van der Waals surface area (Å²) in [5, 5.41) is 2.59. The van der Waals surface area contributed by atoms with E-state index in [2.05, 4.69) is 10.3 Å². The molecule has 1 heterocycles. The Bertz CT molecular complexity index is 569. The van der Waals surface area contributed by atoms with Gasteiger partial charge >= 0.3 is 0 Å². The van der Waals surface area contributed by atoms with Gasteiger partial charge in [0.05, 0.1) is 12.2 Å². The molecule has 19 heavy (non-hydrogen) atoms. The van der Waals surface area contributed by atoms with Gasteiger partial charge in [0.15, 0.2) is 24.1 Å². The van der Waals surface area contributed by atoms with Gasteiger partial charge in [0.2, 0.25) is 0 Å². The Balaban J connectivity index is 1.77. The Morgan fingerprint density at radius 1 is 1.47 bits per heavy atom. The maximum Gasteiger partial charge on any atom is 0.258 e. The number of aromatic nitrogens is 1. The quantitative estimate of drug-likeness (QED) is 0.894. The fourth-order valence-electron chi connectivity index (χ4n) is 1.43.